The van der Waals surface area contributed by atoms with Crippen molar-refractivity contribution in [1.82, 2.24) is 4.90 Å². The van der Waals surface area contributed by atoms with E-state index in [0.29, 0.717) is 12.2 Å². The second-order valence-electron chi connectivity index (χ2n) is 6.18. The molecule has 4 nitrogen and oxygen atoms in total. The van der Waals surface area contributed by atoms with Crippen LogP contribution in [0.1, 0.15) is 26.3 Å². The maximum absolute atomic E-state index is 13.1. The molecular formula is C20H23FN2O2. The van der Waals surface area contributed by atoms with Gasteiger partial charge in [-0.05, 0) is 43.7 Å². The van der Waals surface area contributed by atoms with Gasteiger partial charge in [0.15, 0.2) is 0 Å². The summed E-state index contributed by atoms with van der Waals surface area (Å²) >= 11 is 0. The first-order valence-corrected chi connectivity index (χ1v) is 8.25. The van der Waals surface area contributed by atoms with Crippen LogP contribution in [0.25, 0.3) is 0 Å². The third kappa shape index (κ3) is 5.14. The van der Waals surface area contributed by atoms with Crippen LogP contribution in [0.5, 0.6) is 0 Å². The highest BCUT2D eigenvalue weighted by Crippen LogP contribution is 2.17. The zero-order valence-electron chi connectivity index (χ0n) is 14.8. The number of hydrogen-bond donors (Lipinski definition) is 0. The van der Waals surface area contributed by atoms with Gasteiger partial charge in [-0.1, -0.05) is 30.3 Å². The van der Waals surface area contributed by atoms with Gasteiger partial charge in [0.2, 0.25) is 11.8 Å². The summed E-state index contributed by atoms with van der Waals surface area (Å²) in [5, 5.41) is 0. The van der Waals surface area contributed by atoms with Crippen LogP contribution in [-0.4, -0.2) is 29.3 Å². The molecule has 2 amide bonds. The number of hydrogen-bond acceptors (Lipinski definition) is 2. The SMILES string of the molecule is CC(=O)N(CC(=O)N(Cc1ccccc1)C(C)C)c1ccc(F)cc1. The maximum atomic E-state index is 13.1. The van der Waals surface area contributed by atoms with Crippen molar-refractivity contribution in [2.24, 2.45) is 0 Å². The van der Waals surface area contributed by atoms with Crippen LogP contribution in [0.3, 0.4) is 0 Å². The van der Waals surface area contributed by atoms with Crippen molar-refractivity contribution in [1.29, 1.82) is 0 Å². The third-order valence-electron chi connectivity index (χ3n) is 3.95. The molecule has 0 bridgehead atoms. The Kier molecular flexibility index (Phi) is 6.28. The van der Waals surface area contributed by atoms with Gasteiger partial charge in [-0.3, -0.25) is 9.59 Å². The van der Waals surface area contributed by atoms with E-state index in [4.69, 9.17) is 0 Å². The molecule has 0 heterocycles. The van der Waals surface area contributed by atoms with E-state index in [-0.39, 0.29) is 30.2 Å². The van der Waals surface area contributed by atoms with E-state index in [1.807, 2.05) is 44.2 Å². The fourth-order valence-electron chi connectivity index (χ4n) is 2.57. The summed E-state index contributed by atoms with van der Waals surface area (Å²) in [6.45, 7) is 5.68. The quantitative estimate of drug-likeness (QED) is 0.804. The highest BCUT2D eigenvalue weighted by Gasteiger charge is 2.22. The van der Waals surface area contributed by atoms with Gasteiger partial charge < -0.3 is 9.80 Å². The molecule has 0 N–H and O–H groups in total. The monoisotopic (exact) mass is 342 g/mol. The first-order chi connectivity index (χ1) is 11.9. The topological polar surface area (TPSA) is 40.6 Å². The van der Waals surface area contributed by atoms with Crippen molar-refractivity contribution in [3.05, 3.63) is 66.0 Å². The number of rotatable bonds is 6. The molecule has 0 atom stereocenters. The van der Waals surface area contributed by atoms with E-state index in [2.05, 4.69) is 0 Å². The predicted octanol–water partition coefficient (Wildman–Crippen LogP) is 3.62. The Bertz CT molecular complexity index is 714. The average molecular weight is 342 g/mol. The molecule has 132 valence electrons. The van der Waals surface area contributed by atoms with Crippen molar-refractivity contribution >= 4 is 17.5 Å². The fourth-order valence-corrected chi connectivity index (χ4v) is 2.57. The third-order valence-corrected chi connectivity index (χ3v) is 3.95. The van der Waals surface area contributed by atoms with Gasteiger partial charge in [-0.25, -0.2) is 4.39 Å². The van der Waals surface area contributed by atoms with Gasteiger partial charge in [0.1, 0.15) is 12.4 Å². The minimum atomic E-state index is -0.383. The average Bonchev–Trinajstić information content (AvgIpc) is 2.58. The van der Waals surface area contributed by atoms with Gasteiger partial charge in [-0.15, -0.1) is 0 Å². The highest BCUT2D eigenvalue weighted by molar-refractivity contribution is 5.97. The predicted molar refractivity (Wildman–Crippen MR) is 96.6 cm³/mol. The molecule has 0 saturated carbocycles. The standard InChI is InChI=1S/C20H23FN2O2/c1-15(2)22(13-17-7-5-4-6-8-17)20(25)14-23(16(3)24)19-11-9-18(21)10-12-19/h4-12,15H,13-14H2,1-3H3. The second-order valence-corrected chi connectivity index (χ2v) is 6.18. The van der Waals surface area contributed by atoms with Crippen molar-refractivity contribution in [2.75, 3.05) is 11.4 Å². The summed E-state index contributed by atoms with van der Waals surface area (Å²) < 4.78 is 13.1. The van der Waals surface area contributed by atoms with Crippen LogP contribution >= 0.6 is 0 Å². The van der Waals surface area contributed by atoms with E-state index < -0.39 is 0 Å². The molecule has 0 fully saturated rings. The lowest BCUT2D eigenvalue weighted by Gasteiger charge is -2.30. The Morgan fingerprint density at radius 2 is 1.60 bits per heavy atom. The van der Waals surface area contributed by atoms with Gasteiger partial charge >= 0.3 is 0 Å². The fraction of sp³-hybridized carbons (Fsp3) is 0.300. The Hall–Kier alpha value is -2.69. The van der Waals surface area contributed by atoms with Gasteiger partial charge in [0, 0.05) is 25.2 Å². The molecule has 0 aliphatic carbocycles. The van der Waals surface area contributed by atoms with Crippen LogP contribution in [0.4, 0.5) is 10.1 Å². The van der Waals surface area contributed by atoms with E-state index >= 15 is 0 Å². The summed E-state index contributed by atoms with van der Waals surface area (Å²) in [6.07, 6.45) is 0. The van der Waals surface area contributed by atoms with Gasteiger partial charge in [0.25, 0.3) is 0 Å². The molecule has 5 heteroatoms. The van der Waals surface area contributed by atoms with Crippen molar-refractivity contribution in [3.8, 4) is 0 Å². The molecule has 0 aromatic heterocycles. The normalized spacial score (nSPS) is 10.6. The largest absolute Gasteiger partial charge is 0.334 e. The Morgan fingerprint density at radius 1 is 1.00 bits per heavy atom. The molecule has 0 saturated heterocycles. The van der Waals surface area contributed by atoms with Crippen LogP contribution in [0, 0.1) is 5.82 Å². The lowest BCUT2D eigenvalue weighted by Crippen LogP contribution is -2.44. The number of anilines is 1. The summed E-state index contributed by atoms with van der Waals surface area (Å²) in [6, 6.07) is 15.3. The molecular weight excluding hydrogens is 319 g/mol. The molecule has 0 aliphatic rings. The zero-order valence-corrected chi connectivity index (χ0v) is 14.8. The maximum Gasteiger partial charge on any atom is 0.243 e. The van der Waals surface area contributed by atoms with Crippen molar-refractivity contribution in [2.45, 2.75) is 33.4 Å². The first-order valence-electron chi connectivity index (χ1n) is 8.25. The van der Waals surface area contributed by atoms with E-state index in [9.17, 15) is 14.0 Å². The molecule has 25 heavy (non-hydrogen) atoms. The molecule has 2 aromatic carbocycles. The molecule has 2 rings (SSSR count). The van der Waals surface area contributed by atoms with E-state index in [0.717, 1.165) is 5.56 Å². The van der Waals surface area contributed by atoms with Crippen molar-refractivity contribution in [3.63, 3.8) is 0 Å². The summed E-state index contributed by atoms with van der Waals surface area (Å²) in [7, 11) is 0. The number of amides is 2. The number of carbonyl (C=O) groups excluding carboxylic acids is 2. The lowest BCUT2D eigenvalue weighted by molar-refractivity contribution is -0.133. The van der Waals surface area contributed by atoms with Crippen molar-refractivity contribution < 1.29 is 14.0 Å². The molecule has 0 aliphatic heterocycles. The minimum absolute atomic E-state index is 0.00488. The lowest BCUT2D eigenvalue weighted by atomic mass is 10.2. The molecule has 0 unspecified atom stereocenters. The number of carbonyl (C=O) groups is 2. The van der Waals surface area contributed by atoms with Gasteiger partial charge in [-0.2, -0.15) is 0 Å². The number of halogens is 1. The molecule has 0 spiro atoms. The van der Waals surface area contributed by atoms with Crippen LogP contribution in [0.2, 0.25) is 0 Å². The Labute approximate surface area is 147 Å². The van der Waals surface area contributed by atoms with Crippen LogP contribution in [0.15, 0.2) is 54.6 Å². The van der Waals surface area contributed by atoms with Crippen LogP contribution in [-0.2, 0) is 16.1 Å². The van der Waals surface area contributed by atoms with E-state index in [1.54, 1.807) is 4.90 Å². The molecule has 2 aromatic rings. The van der Waals surface area contributed by atoms with Crippen LogP contribution < -0.4 is 4.90 Å². The highest BCUT2D eigenvalue weighted by atomic mass is 19.1. The van der Waals surface area contributed by atoms with Gasteiger partial charge in [0.05, 0.1) is 0 Å². The van der Waals surface area contributed by atoms with E-state index in [1.165, 1.54) is 36.1 Å². The Balaban J connectivity index is 2.17. The Morgan fingerprint density at radius 3 is 2.12 bits per heavy atom. The second kappa shape index (κ2) is 8.42. The summed E-state index contributed by atoms with van der Waals surface area (Å²) in [5.74, 6) is -0.798. The smallest absolute Gasteiger partial charge is 0.243 e. The number of nitrogens with zero attached hydrogens (tertiary/aromatic N) is 2. The first kappa shape index (κ1) is 18.6. The summed E-state index contributed by atoms with van der Waals surface area (Å²) in [4.78, 5) is 27.9. The summed E-state index contributed by atoms with van der Waals surface area (Å²) in [5.41, 5.74) is 1.53. The zero-order chi connectivity index (χ0) is 18.4. The minimum Gasteiger partial charge on any atom is -0.334 e. The number of benzene rings is 2. The molecule has 0 radical (unpaired) electrons.